The summed E-state index contributed by atoms with van der Waals surface area (Å²) < 4.78 is 0. The highest BCUT2D eigenvalue weighted by atomic mass is 79.9. The fourth-order valence-electron chi connectivity index (χ4n) is 2.80. The molecule has 108 valence electrons. The Kier molecular flexibility index (Phi) is 2.98. The topological polar surface area (TPSA) is 74.8 Å². The van der Waals surface area contributed by atoms with Crippen LogP contribution in [0.1, 0.15) is 29.8 Å². The minimum absolute atomic E-state index is 0.121. The number of fused-ring (bicyclic) bond motifs is 2. The summed E-state index contributed by atoms with van der Waals surface area (Å²) in [6.07, 6.45) is 0.121. The number of anilines is 2. The van der Waals surface area contributed by atoms with E-state index in [1.165, 1.54) is 13.8 Å². The molecular weight excluding hydrogens is 340 g/mol. The van der Waals surface area contributed by atoms with Crippen LogP contribution in [-0.2, 0) is 25.6 Å². The molecule has 0 unspecified atom stereocenters. The molecule has 6 nitrogen and oxygen atoms in total. The summed E-state index contributed by atoms with van der Waals surface area (Å²) in [6.45, 7) is 2.61. The summed E-state index contributed by atoms with van der Waals surface area (Å²) in [6, 6.07) is 3.28. The lowest BCUT2D eigenvalue weighted by Gasteiger charge is -2.17. The Morgan fingerprint density at radius 2 is 1.71 bits per heavy atom. The van der Waals surface area contributed by atoms with E-state index in [4.69, 9.17) is 0 Å². The number of hydrogen-bond donors (Lipinski definition) is 0. The summed E-state index contributed by atoms with van der Waals surface area (Å²) in [5.41, 5.74) is 2.21. The molecule has 0 fully saturated rings. The Labute approximate surface area is 128 Å². The summed E-state index contributed by atoms with van der Waals surface area (Å²) in [5, 5.41) is 0. The van der Waals surface area contributed by atoms with E-state index >= 15 is 0 Å². The maximum absolute atomic E-state index is 12.1. The number of benzene rings is 1. The van der Waals surface area contributed by atoms with E-state index in [1.807, 2.05) is 0 Å². The number of amides is 4. The van der Waals surface area contributed by atoms with Gasteiger partial charge < -0.3 is 0 Å². The number of nitrogens with zero attached hydrogens (tertiary/aromatic N) is 2. The number of hydrogen-bond acceptors (Lipinski definition) is 4. The third kappa shape index (κ3) is 1.84. The Morgan fingerprint density at radius 3 is 2.29 bits per heavy atom. The third-order valence-electron chi connectivity index (χ3n) is 3.64. The van der Waals surface area contributed by atoms with Crippen LogP contribution < -0.4 is 9.80 Å². The first kappa shape index (κ1) is 13.9. The van der Waals surface area contributed by atoms with Gasteiger partial charge in [-0.25, -0.2) is 4.90 Å². The van der Waals surface area contributed by atoms with Crippen molar-refractivity contribution in [3.8, 4) is 0 Å². The van der Waals surface area contributed by atoms with E-state index in [1.54, 1.807) is 12.1 Å². The first-order valence-electron chi connectivity index (χ1n) is 6.32. The molecular formula is C14H11BrN2O4. The van der Waals surface area contributed by atoms with Gasteiger partial charge in [0.15, 0.2) is 0 Å². The van der Waals surface area contributed by atoms with Gasteiger partial charge >= 0.3 is 0 Å². The van der Waals surface area contributed by atoms with Crippen LogP contribution in [0, 0.1) is 0 Å². The number of carbonyl (C=O) groups is 4. The molecule has 0 N–H and O–H groups in total. The van der Waals surface area contributed by atoms with Crippen LogP contribution in [-0.4, -0.2) is 23.6 Å². The van der Waals surface area contributed by atoms with Gasteiger partial charge in [0.2, 0.25) is 17.7 Å². The van der Waals surface area contributed by atoms with E-state index in [9.17, 15) is 19.2 Å². The van der Waals surface area contributed by atoms with Gasteiger partial charge in [0.25, 0.3) is 5.91 Å². The molecule has 3 rings (SSSR count). The predicted molar refractivity (Wildman–Crippen MR) is 78.1 cm³/mol. The van der Waals surface area contributed by atoms with Gasteiger partial charge in [0.1, 0.15) is 4.83 Å². The Balaban J connectivity index is 2.21. The zero-order valence-corrected chi connectivity index (χ0v) is 12.9. The van der Waals surface area contributed by atoms with Crippen LogP contribution >= 0.6 is 15.9 Å². The molecule has 0 radical (unpaired) electrons. The predicted octanol–water partition coefficient (Wildman–Crippen LogP) is 1.45. The van der Waals surface area contributed by atoms with Gasteiger partial charge in [0, 0.05) is 13.8 Å². The highest BCUT2D eigenvalue weighted by Gasteiger charge is 2.41. The summed E-state index contributed by atoms with van der Waals surface area (Å²) in [5.74, 6) is -1.44. The van der Waals surface area contributed by atoms with Crippen molar-refractivity contribution in [2.75, 3.05) is 9.80 Å². The third-order valence-corrected chi connectivity index (χ3v) is 4.53. The van der Waals surface area contributed by atoms with Crippen LogP contribution in [0.3, 0.4) is 0 Å². The van der Waals surface area contributed by atoms with Crippen LogP contribution in [0.15, 0.2) is 12.1 Å². The van der Waals surface area contributed by atoms with Gasteiger partial charge in [0.05, 0.1) is 17.8 Å². The van der Waals surface area contributed by atoms with E-state index in [0.717, 1.165) is 9.80 Å². The molecule has 0 bridgehead atoms. The molecule has 2 heterocycles. The normalized spacial score (nSPS) is 19.9. The lowest BCUT2D eigenvalue weighted by molar-refractivity contribution is -0.126. The van der Waals surface area contributed by atoms with Crippen molar-refractivity contribution in [2.24, 2.45) is 0 Å². The minimum atomic E-state index is -0.608. The Hall–Kier alpha value is -2.02. The van der Waals surface area contributed by atoms with Crippen LogP contribution in [0.25, 0.3) is 0 Å². The highest BCUT2D eigenvalue weighted by Crippen LogP contribution is 2.45. The zero-order valence-electron chi connectivity index (χ0n) is 11.3. The largest absolute Gasteiger partial charge is 0.274 e. The molecule has 1 atom stereocenters. The first-order valence-corrected chi connectivity index (χ1v) is 7.23. The summed E-state index contributed by atoms with van der Waals surface area (Å²) >= 11 is 3.27. The lowest BCUT2D eigenvalue weighted by Crippen LogP contribution is -2.33. The van der Waals surface area contributed by atoms with E-state index < -0.39 is 10.7 Å². The molecule has 7 heteroatoms. The van der Waals surface area contributed by atoms with Crippen molar-refractivity contribution in [3.05, 3.63) is 23.3 Å². The lowest BCUT2D eigenvalue weighted by atomic mass is 10.1. The number of halogens is 1. The molecule has 1 aromatic carbocycles. The van der Waals surface area contributed by atoms with E-state index in [-0.39, 0.29) is 24.1 Å². The first-order chi connectivity index (χ1) is 9.82. The molecule has 0 saturated carbocycles. The second-order valence-electron chi connectivity index (χ2n) is 5.02. The fraction of sp³-hybridized carbons (Fsp3) is 0.286. The van der Waals surface area contributed by atoms with Gasteiger partial charge in [-0.15, -0.1) is 0 Å². The second kappa shape index (κ2) is 4.49. The molecule has 0 saturated heterocycles. The molecule has 0 aromatic heterocycles. The fourth-order valence-corrected chi connectivity index (χ4v) is 3.37. The van der Waals surface area contributed by atoms with Crippen molar-refractivity contribution < 1.29 is 19.2 Å². The molecule has 2 aliphatic heterocycles. The van der Waals surface area contributed by atoms with Crippen molar-refractivity contribution in [3.63, 3.8) is 0 Å². The second-order valence-corrected chi connectivity index (χ2v) is 5.94. The van der Waals surface area contributed by atoms with Gasteiger partial charge in [-0.3, -0.25) is 24.1 Å². The van der Waals surface area contributed by atoms with Crippen molar-refractivity contribution in [1.29, 1.82) is 0 Å². The average Bonchev–Trinajstić information content (AvgIpc) is 2.82. The number of rotatable bonds is 0. The van der Waals surface area contributed by atoms with Crippen molar-refractivity contribution in [2.45, 2.75) is 25.1 Å². The van der Waals surface area contributed by atoms with E-state index in [0.29, 0.717) is 22.5 Å². The van der Waals surface area contributed by atoms with Crippen LogP contribution in [0.5, 0.6) is 0 Å². The van der Waals surface area contributed by atoms with E-state index in [2.05, 4.69) is 15.9 Å². The Morgan fingerprint density at radius 1 is 1.10 bits per heavy atom. The number of imide groups is 2. The molecule has 21 heavy (non-hydrogen) atoms. The van der Waals surface area contributed by atoms with Gasteiger partial charge in [-0.2, -0.15) is 0 Å². The van der Waals surface area contributed by atoms with Crippen LogP contribution in [0.2, 0.25) is 0 Å². The number of carbonyl (C=O) groups excluding carboxylic acids is 4. The summed E-state index contributed by atoms with van der Waals surface area (Å²) in [4.78, 5) is 48.9. The highest BCUT2D eigenvalue weighted by molar-refractivity contribution is 9.09. The standard InChI is InChI=1S/C14H11BrN2O4/c1-6(18)16-10-5-11-9(3-8(10)4-12(16)20)13(15)14(21)17(11)7(2)19/h3,5,13H,4H2,1-2H3/t13-/m0/s1. The SMILES string of the molecule is CC(=O)N1C(=O)Cc2cc3c(cc21)N(C(C)=O)C(=O)[C@H]3Br. The quantitative estimate of drug-likeness (QED) is 0.663. The monoisotopic (exact) mass is 350 g/mol. The smallest absolute Gasteiger partial charge is 0.252 e. The molecule has 1 aromatic rings. The molecule has 0 spiro atoms. The molecule has 2 aliphatic rings. The maximum atomic E-state index is 12.1. The minimum Gasteiger partial charge on any atom is -0.274 e. The zero-order chi connectivity index (χ0) is 15.5. The van der Waals surface area contributed by atoms with Gasteiger partial charge in [-0.1, -0.05) is 15.9 Å². The van der Waals surface area contributed by atoms with Crippen molar-refractivity contribution >= 4 is 50.9 Å². The number of alkyl halides is 1. The Bertz CT molecular complexity index is 728. The van der Waals surface area contributed by atoms with Gasteiger partial charge in [-0.05, 0) is 23.3 Å². The average molecular weight is 351 g/mol. The summed E-state index contributed by atoms with van der Waals surface area (Å²) in [7, 11) is 0. The molecule has 0 aliphatic carbocycles. The van der Waals surface area contributed by atoms with Crippen LogP contribution in [0.4, 0.5) is 11.4 Å². The maximum Gasteiger partial charge on any atom is 0.252 e. The molecule has 4 amide bonds. The van der Waals surface area contributed by atoms with Crippen molar-refractivity contribution in [1.82, 2.24) is 0 Å².